The van der Waals surface area contributed by atoms with Gasteiger partial charge in [0.15, 0.2) is 12.2 Å². The van der Waals surface area contributed by atoms with Gasteiger partial charge in [-0.1, -0.05) is 254 Å². The van der Waals surface area contributed by atoms with Crippen LogP contribution in [0.2, 0.25) is 0 Å². The van der Waals surface area contributed by atoms with Gasteiger partial charge in [0.25, 0.3) is 0 Å². The van der Waals surface area contributed by atoms with E-state index in [9.17, 15) is 43.2 Å². The zero-order valence-corrected chi connectivity index (χ0v) is 55.6. The van der Waals surface area contributed by atoms with Crippen molar-refractivity contribution in [2.75, 3.05) is 39.6 Å². The smallest absolute Gasteiger partial charge is 0.462 e. The summed E-state index contributed by atoms with van der Waals surface area (Å²) in [6, 6.07) is 0. The molecule has 0 saturated heterocycles. The van der Waals surface area contributed by atoms with Crippen LogP contribution in [0.25, 0.3) is 0 Å². The highest BCUT2D eigenvalue weighted by Crippen LogP contribution is 2.45. The van der Waals surface area contributed by atoms with Gasteiger partial charge in [-0.15, -0.1) is 0 Å². The first-order chi connectivity index (χ1) is 39.6. The number of ether oxygens (including phenoxy) is 4. The predicted molar refractivity (Wildman–Crippen MR) is 331 cm³/mol. The van der Waals surface area contributed by atoms with Crippen LogP contribution in [0, 0.1) is 23.7 Å². The second-order valence-electron chi connectivity index (χ2n) is 24.8. The number of rotatable bonds is 61. The van der Waals surface area contributed by atoms with Crippen LogP contribution in [0.15, 0.2) is 0 Å². The number of carbonyl (C=O) groups excluding carboxylic acids is 4. The molecule has 3 N–H and O–H groups in total. The van der Waals surface area contributed by atoms with Crippen molar-refractivity contribution < 1.29 is 80.2 Å². The molecule has 19 heteroatoms. The maximum absolute atomic E-state index is 13.0. The highest BCUT2D eigenvalue weighted by molar-refractivity contribution is 7.47. The molecule has 0 aliphatic heterocycles. The Kier molecular flexibility index (Phi) is 53.0. The molecule has 0 amide bonds. The summed E-state index contributed by atoms with van der Waals surface area (Å²) < 4.78 is 68.0. The molecule has 0 spiro atoms. The minimum Gasteiger partial charge on any atom is -0.462 e. The molecular formula is C64H124O17P2. The van der Waals surface area contributed by atoms with Crippen LogP contribution in [0.5, 0.6) is 0 Å². The SMILES string of the molecule is CCC(C)CCCCCCCCC(=O)OC[C@H](COP(=O)(O)OC[C@@H](O)COP(=O)(O)OC[C@@H](COC(=O)CCCCCCCCC(C)C)OC(=O)CCCCCCCCCCCC(C)C)OC(=O)CCCCCCCCCCCC(C)C. The molecule has 0 saturated carbocycles. The highest BCUT2D eigenvalue weighted by atomic mass is 31.2. The molecule has 0 aliphatic carbocycles. The lowest BCUT2D eigenvalue weighted by atomic mass is 10.00. The third-order valence-corrected chi connectivity index (χ3v) is 16.8. The zero-order valence-electron chi connectivity index (χ0n) is 53.8. The van der Waals surface area contributed by atoms with Crippen LogP contribution in [0.1, 0.15) is 306 Å². The molecule has 3 unspecified atom stereocenters. The van der Waals surface area contributed by atoms with Gasteiger partial charge < -0.3 is 33.8 Å². The van der Waals surface area contributed by atoms with Gasteiger partial charge in [-0.3, -0.25) is 37.3 Å². The molecule has 0 rings (SSSR count). The van der Waals surface area contributed by atoms with Crippen molar-refractivity contribution in [3.05, 3.63) is 0 Å². The van der Waals surface area contributed by atoms with Gasteiger partial charge in [-0.2, -0.15) is 0 Å². The van der Waals surface area contributed by atoms with E-state index in [-0.39, 0.29) is 25.7 Å². The fraction of sp³-hybridized carbons (Fsp3) is 0.938. The second-order valence-corrected chi connectivity index (χ2v) is 27.7. The second kappa shape index (κ2) is 54.2. The average molecular weight is 1230 g/mol. The molecule has 0 radical (unpaired) electrons. The van der Waals surface area contributed by atoms with Crippen molar-refractivity contribution in [2.24, 2.45) is 23.7 Å². The monoisotopic (exact) mass is 1230 g/mol. The summed E-state index contributed by atoms with van der Waals surface area (Å²) >= 11 is 0. The zero-order chi connectivity index (χ0) is 61.8. The summed E-state index contributed by atoms with van der Waals surface area (Å²) in [6.45, 7) is 13.9. The highest BCUT2D eigenvalue weighted by Gasteiger charge is 2.30. The van der Waals surface area contributed by atoms with E-state index in [0.717, 1.165) is 120 Å². The van der Waals surface area contributed by atoms with Crippen molar-refractivity contribution in [2.45, 2.75) is 324 Å². The number of hydrogen-bond donors (Lipinski definition) is 3. The number of carbonyl (C=O) groups is 4. The minimum atomic E-state index is -4.95. The molecule has 0 aromatic heterocycles. The Morgan fingerprint density at radius 1 is 0.337 bits per heavy atom. The molecule has 0 heterocycles. The summed E-state index contributed by atoms with van der Waals surface area (Å²) in [6.07, 6.45) is 33.6. The Morgan fingerprint density at radius 3 is 0.855 bits per heavy atom. The van der Waals surface area contributed by atoms with Crippen LogP contribution in [0.4, 0.5) is 0 Å². The third kappa shape index (κ3) is 57.6. The fourth-order valence-corrected chi connectivity index (χ4v) is 11.0. The quantitative estimate of drug-likeness (QED) is 0.0222. The van der Waals surface area contributed by atoms with Gasteiger partial charge in [-0.05, 0) is 49.4 Å². The van der Waals surface area contributed by atoms with E-state index in [1.807, 2.05) is 0 Å². The van der Waals surface area contributed by atoms with Gasteiger partial charge in [0.2, 0.25) is 0 Å². The third-order valence-electron chi connectivity index (χ3n) is 14.9. The van der Waals surface area contributed by atoms with Crippen molar-refractivity contribution in [3.63, 3.8) is 0 Å². The normalized spacial score (nSPS) is 14.8. The maximum Gasteiger partial charge on any atom is 0.472 e. The lowest BCUT2D eigenvalue weighted by molar-refractivity contribution is -0.161. The molecular weight excluding hydrogens is 1100 g/mol. The van der Waals surface area contributed by atoms with E-state index in [0.29, 0.717) is 31.6 Å². The topological polar surface area (TPSA) is 237 Å². The van der Waals surface area contributed by atoms with Gasteiger partial charge in [0.1, 0.15) is 19.3 Å². The minimum absolute atomic E-state index is 0.103. The van der Waals surface area contributed by atoms with Crippen LogP contribution in [-0.2, 0) is 65.4 Å². The lowest BCUT2D eigenvalue weighted by Gasteiger charge is -2.21. The van der Waals surface area contributed by atoms with E-state index in [1.165, 1.54) is 96.3 Å². The Hall–Kier alpha value is -1.94. The molecule has 6 atom stereocenters. The number of aliphatic hydroxyl groups excluding tert-OH is 1. The Labute approximate surface area is 505 Å². The fourth-order valence-electron chi connectivity index (χ4n) is 9.40. The van der Waals surface area contributed by atoms with Crippen molar-refractivity contribution in [3.8, 4) is 0 Å². The van der Waals surface area contributed by atoms with E-state index in [4.69, 9.17) is 37.0 Å². The number of phosphoric ester groups is 2. The van der Waals surface area contributed by atoms with Crippen molar-refractivity contribution in [1.82, 2.24) is 0 Å². The standard InChI is InChI=1S/C64H124O17P2/c1-9-57(8)43-35-27-21-23-29-37-45-62(67)75-51-60(81-64(69)47-39-31-19-15-11-13-17-25-33-41-55(4)5)53-79-83(72,73)77-49-58(65)48-76-82(70,71)78-52-59(50-74-61(66)44-36-28-22-20-26-34-42-56(6)7)80-63(68)46-38-30-18-14-10-12-16-24-32-40-54(2)3/h54-60,65H,9-53H2,1-8H3,(H,70,71)(H,72,73)/t57?,58-,59+,60+/m0/s1. The summed E-state index contributed by atoms with van der Waals surface area (Å²) in [4.78, 5) is 72.2. The molecule has 0 aliphatic rings. The number of unbranched alkanes of at least 4 members (excludes halogenated alkanes) is 26. The van der Waals surface area contributed by atoms with E-state index in [1.54, 1.807) is 0 Å². The van der Waals surface area contributed by atoms with Crippen LogP contribution in [0.3, 0.4) is 0 Å². The van der Waals surface area contributed by atoms with Crippen molar-refractivity contribution >= 4 is 39.5 Å². The first kappa shape index (κ1) is 81.1. The van der Waals surface area contributed by atoms with Gasteiger partial charge in [0, 0.05) is 25.7 Å². The van der Waals surface area contributed by atoms with Crippen LogP contribution < -0.4 is 0 Å². The van der Waals surface area contributed by atoms with E-state index >= 15 is 0 Å². The van der Waals surface area contributed by atoms with E-state index in [2.05, 4.69) is 55.4 Å². The summed E-state index contributed by atoms with van der Waals surface area (Å²) in [5.74, 6) is 0.742. The Balaban J connectivity index is 5.26. The number of phosphoric acid groups is 2. The first-order valence-electron chi connectivity index (χ1n) is 33.2. The summed E-state index contributed by atoms with van der Waals surface area (Å²) in [5.41, 5.74) is 0. The Bertz CT molecular complexity index is 1660. The summed E-state index contributed by atoms with van der Waals surface area (Å²) in [7, 11) is -9.89. The van der Waals surface area contributed by atoms with Crippen LogP contribution >= 0.6 is 15.6 Å². The van der Waals surface area contributed by atoms with E-state index < -0.39 is 97.5 Å². The molecule has 492 valence electrons. The number of hydrogen-bond acceptors (Lipinski definition) is 15. The number of aliphatic hydroxyl groups is 1. The number of esters is 4. The molecule has 17 nitrogen and oxygen atoms in total. The average Bonchev–Trinajstić information content (AvgIpc) is 3.43. The molecule has 0 aromatic carbocycles. The van der Waals surface area contributed by atoms with Gasteiger partial charge in [0.05, 0.1) is 26.4 Å². The lowest BCUT2D eigenvalue weighted by Crippen LogP contribution is -2.30. The molecule has 0 bridgehead atoms. The predicted octanol–water partition coefficient (Wildman–Crippen LogP) is 17.4. The first-order valence-corrected chi connectivity index (χ1v) is 36.2. The molecule has 0 fully saturated rings. The Morgan fingerprint density at radius 2 is 0.578 bits per heavy atom. The summed E-state index contributed by atoms with van der Waals surface area (Å²) in [5, 5.41) is 10.5. The molecule has 0 aromatic rings. The van der Waals surface area contributed by atoms with Gasteiger partial charge >= 0.3 is 39.5 Å². The largest absolute Gasteiger partial charge is 0.472 e. The van der Waals surface area contributed by atoms with Crippen molar-refractivity contribution in [1.29, 1.82) is 0 Å². The van der Waals surface area contributed by atoms with Crippen LogP contribution in [-0.4, -0.2) is 96.7 Å². The molecule has 83 heavy (non-hydrogen) atoms. The maximum atomic E-state index is 13.0. The van der Waals surface area contributed by atoms with Gasteiger partial charge in [-0.25, -0.2) is 9.13 Å².